The van der Waals surface area contributed by atoms with E-state index in [-0.39, 0.29) is 12.1 Å². The van der Waals surface area contributed by atoms with Gasteiger partial charge in [-0.1, -0.05) is 48.5 Å². The normalized spacial score (nSPS) is 14.5. The number of piperidine rings is 1. The van der Waals surface area contributed by atoms with Crippen molar-refractivity contribution in [1.82, 2.24) is 20.4 Å². The Balaban J connectivity index is 1.39. The molecule has 0 unspecified atom stereocenters. The number of likely N-dealkylation sites (tertiary alicyclic amines) is 1. The quantitative estimate of drug-likeness (QED) is 0.543. The van der Waals surface area contributed by atoms with Gasteiger partial charge >= 0.3 is 12.1 Å². The van der Waals surface area contributed by atoms with Crippen molar-refractivity contribution in [2.45, 2.75) is 18.9 Å². The third-order valence-electron chi connectivity index (χ3n) is 5.81. The molecular formula is C25H35N5O3. The average Bonchev–Trinajstić information content (AvgIpc) is 2.84. The van der Waals surface area contributed by atoms with Crippen molar-refractivity contribution in [3.8, 4) is 11.1 Å². The number of ether oxygens (including phenoxy) is 1. The number of anilines is 1. The van der Waals surface area contributed by atoms with Crippen LogP contribution in [0.1, 0.15) is 12.8 Å². The van der Waals surface area contributed by atoms with Crippen LogP contribution in [-0.4, -0.2) is 81.4 Å². The molecule has 8 nitrogen and oxygen atoms in total. The molecule has 0 atom stereocenters. The molecule has 178 valence electrons. The van der Waals surface area contributed by atoms with E-state index in [9.17, 15) is 9.59 Å². The molecule has 1 heterocycles. The van der Waals surface area contributed by atoms with E-state index in [0.717, 1.165) is 55.8 Å². The van der Waals surface area contributed by atoms with Gasteiger partial charge in [0, 0.05) is 51.9 Å². The number of hydrogen-bond acceptors (Lipinski definition) is 5. The molecular weight excluding hydrogens is 418 g/mol. The zero-order valence-electron chi connectivity index (χ0n) is 19.5. The van der Waals surface area contributed by atoms with Gasteiger partial charge in [0.25, 0.3) is 0 Å². The van der Waals surface area contributed by atoms with Crippen LogP contribution >= 0.6 is 0 Å². The fourth-order valence-electron chi connectivity index (χ4n) is 3.84. The van der Waals surface area contributed by atoms with Gasteiger partial charge in [-0.3, -0.25) is 5.32 Å². The van der Waals surface area contributed by atoms with Crippen LogP contribution in [0.3, 0.4) is 0 Å². The molecule has 1 fully saturated rings. The number of carbonyl (C=O) groups excluding carboxylic acids is 2. The number of nitrogens with one attached hydrogen (secondary N) is 3. The van der Waals surface area contributed by atoms with Gasteiger partial charge in [0.1, 0.15) is 6.10 Å². The van der Waals surface area contributed by atoms with E-state index < -0.39 is 6.09 Å². The van der Waals surface area contributed by atoms with Crippen molar-refractivity contribution >= 4 is 17.8 Å². The van der Waals surface area contributed by atoms with Crippen LogP contribution in [0.15, 0.2) is 54.6 Å². The van der Waals surface area contributed by atoms with Crippen molar-refractivity contribution in [1.29, 1.82) is 0 Å². The number of benzene rings is 2. The van der Waals surface area contributed by atoms with Crippen LogP contribution in [0.2, 0.25) is 0 Å². The lowest BCUT2D eigenvalue weighted by atomic mass is 10.0. The molecule has 0 radical (unpaired) electrons. The molecule has 0 saturated carbocycles. The predicted octanol–water partition coefficient (Wildman–Crippen LogP) is 3.23. The summed E-state index contributed by atoms with van der Waals surface area (Å²) in [7, 11) is 3.66. The fourth-order valence-corrected chi connectivity index (χ4v) is 3.84. The fraction of sp³-hybridized carbons (Fsp3) is 0.440. The number of urea groups is 1. The Morgan fingerprint density at radius 3 is 2.45 bits per heavy atom. The third-order valence-corrected chi connectivity index (χ3v) is 5.81. The van der Waals surface area contributed by atoms with Gasteiger partial charge in [-0.2, -0.15) is 0 Å². The van der Waals surface area contributed by atoms with Crippen molar-refractivity contribution in [2.24, 2.45) is 0 Å². The summed E-state index contributed by atoms with van der Waals surface area (Å²) in [5, 5.41) is 8.89. The van der Waals surface area contributed by atoms with Crippen molar-refractivity contribution in [3.05, 3.63) is 54.6 Å². The molecule has 1 aliphatic rings. The van der Waals surface area contributed by atoms with Crippen LogP contribution in [0.4, 0.5) is 15.3 Å². The number of nitrogens with zero attached hydrogens (tertiary/aromatic N) is 2. The summed E-state index contributed by atoms with van der Waals surface area (Å²) in [5.74, 6) is 0. The zero-order valence-corrected chi connectivity index (χ0v) is 19.5. The Hall–Kier alpha value is -3.10. The first-order chi connectivity index (χ1) is 16.1. The molecule has 0 spiro atoms. The number of amides is 3. The van der Waals surface area contributed by atoms with Crippen LogP contribution in [0.5, 0.6) is 0 Å². The Labute approximate surface area is 196 Å². The monoisotopic (exact) mass is 453 g/mol. The van der Waals surface area contributed by atoms with Crippen LogP contribution in [0, 0.1) is 0 Å². The Morgan fingerprint density at radius 1 is 1.03 bits per heavy atom. The molecule has 8 heteroatoms. The average molecular weight is 454 g/mol. The standard InChI is InChI=1S/C25H35N5O3/c1-26-14-18-29(2)24(31)27-15-19-30-16-12-21(13-17-30)33-25(32)28-23-11-7-6-10-22(23)20-8-4-3-5-9-20/h3-11,21,26H,12-19H2,1-2H3,(H,27,31)(H,28,32). The Kier molecular flexibility index (Phi) is 9.53. The minimum atomic E-state index is -0.422. The van der Waals surface area contributed by atoms with E-state index in [4.69, 9.17) is 4.74 Å². The highest BCUT2D eigenvalue weighted by atomic mass is 16.6. The van der Waals surface area contributed by atoms with Crippen molar-refractivity contribution < 1.29 is 14.3 Å². The minimum Gasteiger partial charge on any atom is -0.446 e. The summed E-state index contributed by atoms with van der Waals surface area (Å²) < 4.78 is 5.69. The van der Waals surface area contributed by atoms with E-state index in [1.54, 1.807) is 11.9 Å². The molecule has 0 bridgehead atoms. The second kappa shape index (κ2) is 12.8. The van der Waals surface area contributed by atoms with Gasteiger partial charge in [0.2, 0.25) is 0 Å². The maximum atomic E-state index is 12.5. The van der Waals surface area contributed by atoms with Gasteiger partial charge in [-0.25, -0.2) is 9.59 Å². The molecule has 3 rings (SSSR count). The van der Waals surface area contributed by atoms with Crippen LogP contribution < -0.4 is 16.0 Å². The van der Waals surface area contributed by atoms with Crippen molar-refractivity contribution in [2.75, 3.05) is 58.7 Å². The first-order valence-corrected chi connectivity index (χ1v) is 11.5. The number of likely N-dealkylation sites (N-methyl/N-ethyl adjacent to an activating group) is 2. The number of para-hydroxylation sites is 1. The molecule has 1 aliphatic heterocycles. The van der Waals surface area contributed by atoms with E-state index in [1.807, 2.05) is 61.6 Å². The number of carbonyl (C=O) groups is 2. The number of rotatable bonds is 9. The maximum Gasteiger partial charge on any atom is 0.411 e. The lowest BCUT2D eigenvalue weighted by Crippen LogP contribution is -2.45. The Morgan fingerprint density at radius 2 is 1.73 bits per heavy atom. The van der Waals surface area contributed by atoms with E-state index >= 15 is 0 Å². The molecule has 1 saturated heterocycles. The molecule has 0 aromatic heterocycles. The lowest BCUT2D eigenvalue weighted by Gasteiger charge is -2.31. The van der Waals surface area contributed by atoms with Gasteiger partial charge in [-0.15, -0.1) is 0 Å². The smallest absolute Gasteiger partial charge is 0.411 e. The highest BCUT2D eigenvalue weighted by molar-refractivity contribution is 5.91. The summed E-state index contributed by atoms with van der Waals surface area (Å²) >= 11 is 0. The Bertz CT molecular complexity index is 885. The second-order valence-electron chi connectivity index (χ2n) is 8.24. The van der Waals surface area contributed by atoms with Gasteiger partial charge < -0.3 is 25.2 Å². The zero-order chi connectivity index (χ0) is 23.5. The van der Waals surface area contributed by atoms with E-state index in [1.165, 1.54) is 0 Å². The summed E-state index contributed by atoms with van der Waals surface area (Å²) in [6.07, 6.45) is 1.04. The molecule has 33 heavy (non-hydrogen) atoms. The highest BCUT2D eigenvalue weighted by Gasteiger charge is 2.22. The predicted molar refractivity (Wildman–Crippen MR) is 131 cm³/mol. The molecule has 2 aromatic carbocycles. The third kappa shape index (κ3) is 7.76. The van der Waals surface area contributed by atoms with Gasteiger partial charge in [0.15, 0.2) is 0 Å². The highest BCUT2D eigenvalue weighted by Crippen LogP contribution is 2.28. The SMILES string of the molecule is CNCCN(C)C(=O)NCCN1CCC(OC(=O)Nc2ccccc2-c2ccccc2)CC1. The molecule has 0 aliphatic carbocycles. The topological polar surface area (TPSA) is 85.9 Å². The summed E-state index contributed by atoms with van der Waals surface area (Å²) in [4.78, 5) is 28.5. The minimum absolute atomic E-state index is 0.0593. The lowest BCUT2D eigenvalue weighted by molar-refractivity contribution is 0.0593. The first kappa shape index (κ1) is 24.5. The number of hydrogen-bond donors (Lipinski definition) is 3. The van der Waals surface area contributed by atoms with Gasteiger partial charge in [0.05, 0.1) is 5.69 Å². The summed E-state index contributed by atoms with van der Waals surface area (Å²) in [5.41, 5.74) is 2.74. The maximum absolute atomic E-state index is 12.5. The van der Waals surface area contributed by atoms with Crippen LogP contribution in [-0.2, 0) is 4.74 Å². The second-order valence-corrected chi connectivity index (χ2v) is 8.24. The largest absolute Gasteiger partial charge is 0.446 e. The molecule has 2 aromatic rings. The van der Waals surface area contributed by atoms with Gasteiger partial charge in [-0.05, 0) is 31.5 Å². The summed E-state index contributed by atoms with van der Waals surface area (Å²) in [6, 6.07) is 17.6. The van der Waals surface area contributed by atoms with Crippen molar-refractivity contribution in [3.63, 3.8) is 0 Å². The molecule has 3 amide bonds. The van der Waals surface area contributed by atoms with Crippen LogP contribution in [0.25, 0.3) is 11.1 Å². The molecule has 3 N–H and O–H groups in total. The first-order valence-electron chi connectivity index (χ1n) is 11.5. The summed E-state index contributed by atoms with van der Waals surface area (Å²) in [6.45, 7) is 4.50. The van der Waals surface area contributed by atoms with E-state index in [2.05, 4.69) is 20.9 Å². The van der Waals surface area contributed by atoms with E-state index in [0.29, 0.717) is 13.1 Å².